The van der Waals surface area contributed by atoms with E-state index in [-0.39, 0.29) is 12.0 Å². The van der Waals surface area contributed by atoms with Crippen LogP contribution in [-0.4, -0.2) is 11.3 Å². The Morgan fingerprint density at radius 2 is 2.15 bits per heavy atom. The molecule has 0 radical (unpaired) electrons. The zero-order chi connectivity index (χ0) is 10.0. The number of nitrogen functional groups attached to an aromatic ring is 1. The van der Waals surface area contributed by atoms with Crippen molar-refractivity contribution in [2.75, 3.05) is 5.73 Å². The topological polar surface area (TPSA) is 56.0 Å². The fourth-order valence-corrected chi connectivity index (χ4v) is 0.871. The first kappa shape index (κ1) is 9.50. The lowest BCUT2D eigenvalue weighted by molar-refractivity contribution is 0.110. The zero-order valence-electron chi connectivity index (χ0n) is 6.30. The predicted octanol–water partition coefficient (Wildman–Crippen LogP) is 1.55. The summed E-state index contributed by atoms with van der Waals surface area (Å²) < 4.78 is 37.0. The molecule has 0 bridgehead atoms. The molecule has 0 spiro atoms. The third-order valence-corrected chi connectivity index (χ3v) is 1.48. The van der Waals surface area contributed by atoms with Gasteiger partial charge in [0.25, 0.3) is 6.43 Å². The Balaban J connectivity index is 3.43. The van der Waals surface area contributed by atoms with Gasteiger partial charge in [0.1, 0.15) is 0 Å². The number of nitrogens with zero attached hydrogens (tertiary/aromatic N) is 1. The van der Waals surface area contributed by atoms with E-state index in [1.54, 1.807) is 0 Å². The van der Waals surface area contributed by atoms with Crippen molar-refractivity contribution in [3.05, 3.63) is 23.3 Å². The Hall–Kier alpha value is -1.59. The van der Waals surface area contributed by atoms with Crippen LogP contribution in [0.15, 0.2) is 6.20 Å². The van der Waals surface area contributed by atoms with Gasteiger partial charge in [-0.2, -0.15) is 4.39 Å². The highest BCUT2D eigenvalue weighted by molar-refractivity contribution is 5.85. The molecule has 0 aliphatic carbocycles. The summed E-state index contributed by atoms with van der Waals surface area (Å²) in [6.45, 7) is 0. The van der Waals surface area contributed by atoms with Crippen molar-refractivity contribution in [1.29, 1.82) is 0 Å². The molecule has 6 heteroatoms. The van der Waals surface area contributed by atoms with Crippen LogP contribution in [0.25, 0.3) is 0 Å². The van der Waals surface area contributed by atoms with Crippen molar-refractivity contribution in [2.24, 2.45) is 0 Å². The van der Waals surface area contributed by atoms with Crippen LogP contribution in [0.2, 0.25) is 0 Å². The molecular weight excluding hydrogens is 185 g/mol. The van der Waals surface area contributed by atoms with Crippen LogP contribution in [0, 0.1) is 5.95 Å². The molecule has 70 valence electrons. The highest BCUT2D eigenvalue weighted by Crippen LogP contribution is 2.26. The molecule has 0 saturated heterocycles. The third kappa shape index (κ3) is 1.61. The van der Waals surface area contributed by atoms with Gasteiger partial charge in [-0.05, 0) is 0 Å². The molecule has 0 unspecified atom stereocenters. The molecule has 1 aromatic rings. The van der Waals surface area contributed by atoms with Crippen LogP contribution in [0.4, 0.5) is 18.9 Å². The average Bonchev–Trinajstić information content (AvgIpc) is 2.07. The van der Waals surface area contributed by atoms with Gasteiger partial charge in [0, 0.05) is 0 Å². The molecule has 0 saturated carbocycles. The molecule has 0 fully saturated rings. The zero-order valence-corrected chi connectivity index (χ0v) is 6.30. The van der Waals surface area contributed by atoms with Gasteiger partial charge in [-0.25, -0.2) is 13.8 Å². The van der Waals surface area contributed by atoms with Crippen molar-refractivity contribution in [3.63, 3.8) is 0 Å². The minimum atomic E-state index is -3.10. The van der Waals surface area contributed by atoms with Crippen LogP contribution < -0.4 is 5.73 Å². The van der Waals surface area contributed by atoms with Gasteiger partial charge < -0.3 is 5.73 Å². The van der Waals surface area contributed by atoms with Crippen LogP contribution >= 0.6 is 0 Å². The number of hydrogen-bond donors (Lipinski definition) is 1. The molecule has 0 aliphatic heterocycles. The molecule has 0 aliphatic rings. The summed E-state index contributed by atoms with van der Waals surface area (Å²) in [5.41, 5.74) is 3.30. The predicted molar refractivity (Wildman–Crippen MR) is 39.0 cm³/mol. The van der Waals surface area contributed by atoms with Gasteiger partial charge in [0.15, 0.2) is 6.29 Å². The van der Waals surface area contributed by atoms with E-state index in [0.717, 1.165) is 6.20 Å². The lowest BCUT2D eigenvalue weighted by Crippen LogP contribution is -2.05. The standard InChI is InChI=1S/C7H5F3N2O/c8-6(9)5-3(2-13)4(11)1-12-7(5)10/h1-2,6H,11H2. The van der Waals surface area contributed by atoms with Crippen molar-refractivity contribution in [3.8, 4) is 0 Å². The Morgan fingerprint density at radius 3 is 2.54 bits per heavy atom. The van der Waals surface area contributed by atoms with Crippen LogP contribution in [0.5, 0.6) is 0 Å². The first-order valence-corrected chi connectivity index (χ1v) is 3.25. The maximum Gasteiger partial charge on any atom is 0.269 e. The van der Waals surface area contributed by atoms with E-state index in [1.165, 1.54) is 0 Å². The first-order valence-electron chi connectivity index (χ1n) is 3.25. The molecule has 0 atom stereocenters. The lowest BCUT2D eigenvalue weighted by atomic mass is 10.1. The smallest absolute Gasteiger partial charge is 0.269 e. The average molecular weight is 190 g/mol. The highest BCUT2D eigenvalue weighted by atomic mass is 19.3. The van der Waals surface area contributed by atoms with E-state index in [4.69, 9.17) is 5.73 Å². The summed E-state index contributed by atoms with van der Waals surface area (Å²) in [4.78, 5) is 13.3. The third-order valence-electron chi connectivity index (χ3n) is 1.48. The quantitative estimate of drug-likeness (QED) is 0.568. The monoisotopic (exact) mass is 190 g/mol. The number of halogens is 3. The van der Waals surface area contributed by atoms with Gasteiger partial charge in [-0.1, -0.05) is 0 Å². The first-order chi connectivity index (χ1) is 6.07. The van der Waals surface area contributed by atoms with Gasteiger partial charge in [0.05, 0.1) is 23.0 Å². The highest BCUT2D eigenvalue weighted by Gasteiger charge is 2.21. The van der Waals surface area contributed by atoms with E-state index >= 15 is 0 Å². The molecule has 0 aromatic carbocycles. The Kier molecular flexibility index (Phi) is 2.50. The van der Waals surface area contributed by atoms with Gasteiger partial charge >= 0.3 is 0 Å². The van der Waals surface area contributed by atoms with Crippen LogP contribution in [0.1, 0.15) is 22.3 Å². The maximum absolute atomic E-state index is 12.7. The largest absolute Gasteiger partial charge is 0.397 e. The summed E-state index contributed by atoms with van der Waals surface area (Å²) in [5, 5.41) is 0. The second kappa shape index (κ2) is 3.42. The van der Waals surface area contributed by atoms with E-state index in [1.807, 2.05) is 0 Å². The fraction of sp³-hybridized carbons (Fsp3) is 0.143. The minimum absolute atomic E-state index is 0.0849. The number of aromatic nitrogens is 1. The number of carbonyl (C=O) groups is 1. The number of hydrogen-bond acceptors (Lipinski definition) is 3. The Morgan fingerprint density at radius 1 is 1.54 bits per heavy atom. The summed E-state index contributed by atoms with van der Waals surface area (Å²) in [5.74, 6) is -1.37. The van der Waals surface area contributed by atoms with Gasteiger partial charge in [-0.3, -0.25) is 4.79 Å². The molecular formula is C7H5F3N2O. The van der Waals surface area contributed by atoms with E-state index in [2.05, 4.69) is 4.98 Å². The lowest BCUT2D eigenvalue weighted by Gasteiger charge is -2.05. The molecule has 3 nitrogen and oxygen atoms in total. The molecule has 1 aromatic heterocycles. The minimum Gasteiger partial charge on any atom is -0.397 e. The Labute approximate surface area is 71.4 Å². The summed E-state index contributed by atoms with van der Waals surface area (Å²) >= 11 is 0. The number of pyridine rings is 1. The van der Waals surface area contributed by atoms with Crippen LogP contribution in [-0.2, 0) is 0 Å². The molecule has 1 heterocycles. The van der Waals surface area contributed by atoms with Crippen molar-refractivity contribution >= 4 is 12.0 Å². The molecule has 1 rings (SSSR count). The summed E-state index contributed by atoms with van der Waals surface area (Å²) in [6.07, 6.45) is -2.19. The van der Waals surface area contributed by atoms with Gasteiger partial charge in [-0.15, -0.1) is 0 Å². The second-order valence-electron chi connectivity index (χ2n) is 2.25. The normalized spacial score (nSPS) is 10.5. The Bertz CT molecular complexity index is 341. The van der Waals surface area contributed by atoms with Crippen molar-refractivity contribution in [1.82, 2.24) is 4.98 Å². The molecule has 13 heavy (non-hydrogen) atoms. The van der Waals surface area contributed by atoms with Crippen LogP contribution in [0.3, 0.4) is 0 Å². The number of aldehydes is 1. The molecule has 0 amide bonds. The van der Waals surface area contributed by atoms with Crippen molar-refractivity contribution < 1.29 is 18.0 Å². The summed E-state index contributed by atoms with van der Waals surface area (Å²) in [7, 11) is 0. The molecule has 2 N–H and O–H groups in total. The number of nitrogens with two attached hydrogens (primary N) is 1. The van der Waals surface area contributed by atoms with E-state index < -0.39 is 23.5 Å². The van der Waals surface area contributed by atoms with Gasteiger partial charge in [0.2, 0.25) is 5.95 Å². The fourth-order valence-electron chi connectivity index (χ4n) is 0.871. The summed E-state index contributed by atoms with van der Waals surface area (Å²) in [6, 6.07) is 0. The number of alkyl halides is 2. The van der Waals surface area contributed by atoms with E-state index in [9.17, 15) is 18.0 Å². The SMILES string of the molecule is Nc1cnc(F)c(C(F)F)c1C=O. The van der Waals surface area contributed by atoms with E-state index in [0.29, 0.717) is 0 Å². The number of rotatable bonds is 2. The maximum atomic E-state index is 12.7. The number of carbonyl (C=O) groups excluding carboxylic acids is 1. The number of anilines is 1. The van der Waals surface area contributed by atoms with Crippen molar-refractivity contribution in [2.45, 2.75) is 6.43 Å². The second-order valence-corrected chi connectivity index (χ2v) is 2.25.